The van der Waals surface area contributed by atoms with Gasteiger partial charge in [0.2, 0.25) is 0 Å². The van der Waals surface area contributed by atoms with E-state index in [4.69, 9.17) is 4.98 Å². The number of imidazole rings is 1. The van der Waals surface area contributed by atoms with E-state index in [0.29, 0.717) is 11.6 Å². The first-order chi connectivity index (χ1) is 13.6. The number of nitrogens with zero attached hydrogens (tertiary/aromatic N) is 5. The Morgan fingerprint density at radius 3 is 2.89 bits per heavy atom. The van der Waals surface area contributed by atoms with Crippen LogP contribution in [0.2, 0.25) is 0 Å². The van der Waals surface area contributed by atoms with Crippen molar-refractivity contribution >= 4 is 28.1 Å². The molecule has 1 atom stereocenters. The minimum atomic E-state index is -0.138. The van der Waals surface area contributed by atoms with E-state index in [9.17, 15) is 4.79 Å². The second-order valence-corrected chi connectivity index (χ2v) is 7.48. The highest BCUT2D eigenvalue weighted by Gasteiger charge is 2.24. The number of fused-ring (bicyclic) bond motifs is 2. The van der Waals surface area contributed by atoms with Crippen LogP contribution in [-0.2, 0) is 7.05 Å². The maximum absolute atomic E-state index is 12.7. The molecule has 0 spiro atoms. The fourth-order valence-electron chi connectivity index (χ4n) is 4.04. The van der Waals surface area contributed by atoms with Gasteiger partial charge in [-0.2, -0.15) is 5.10 Å². The lowest BCUT2D eigenvalue weighted by Gasteiger charge is -2.16. The molecule has 0 bridgehead atoms. The molecule has 4 heterocycles. The first-order valence-electron chi connectivity index (χ1n) is 9.50. The number of benzene rings is 1. The van der Waals surface area contributed by atoms with Crippen LogP contribution < -0.4 is 5.32 Å². The van der Waals surface area contributed by atoms with Gasteiger partial charge in [-0.3, -0.25) is 14.4 Å². The van der Waals surface area contributed by atoms with Crippen molar-refractivity contribution in [3.8, 4) is 0 Å². The molecule has 0 unspecified atom stereocenters. The summed E-state index contributed by atoms with van der Waals surface area (Å²) in [5.41, 5.74) is 4.34. The lowest BCUT2D eigenvalue weighted by molar-refractivity contribution is 0.102. The Balaban J connectivity index is 1.39. The number of nitrogens with one attached hydrogen (secondary N) is 1. The zero-order chi connectivity index (χ0) is 19.3. The molecule has 7 nitrogen and oxygen atoms in total. The summed E-state index contributed by atoms with van der Waals surface area (Å²) in [6.07, 6.45) is 8.10. The van der Waals surface area contributed by atoms with Crippen molar-refractivity contribution in [2.24, 2.45) is 7.05 Å². The van der Waals surface area contributed by atoms with E-state index in [-0.39, 0.29) is 5.91 Å². The maximum Gasteiger partial charge on any atom is 0.255 e. The van der Waals surface area contributed by atoms with Crippen molar-refractivity contribution in [1.29, 1.82) is 0 Å². The molecule has 1 aliphatic rings. The van der Waals surface area contributed by atoms with Crippen LogP contribution in [0.4, 0.5) is 5.69 Å². The highest BCUT2D eigenvalue weighted by Crippen LogP contribution is 2.30. The van der Waals surface area contributed by atoms with Gasteiger partial charge in [-0.15, -0.1) is 0 Å². The fraction of sp³-hybridized carbons (Fsp3) is 0.286. The van der Waals surface area contributed by atoms with E-state index in [1.807, 2.05) is 48.0 Å². The third-order valence-corrected chi connectivity index (χ3v) is 5.60. The van der Waals surface area contributed by atoms with Crippen LogP contribution in [0.5, 0.6) is 0 Å². The second kappa shape index (κ2) is 6.45. The molecule has 1 N–H and O–H groups in total. The Bertz CT molecular complexity index is 1190. The number of carbonyl (C=O) groups is 1. The number of likely N-dealkylation sites (tertiary alicyclic amines) is 1. The number of hydrogen-bond donors (Lipinski definition) is 1. The van der Waals surface area contributed by atoms with E-state index in [2.05, 4.69) is 28.6 Å². The number of hydrogen-bond acceptors (Lipinski definition) is 4. The van der Waals surface area contributed by atoms with Crippen molar-refractivity contribution in [2.45, 2.75) is 18.9 Å². The van der Waals surface area contributed by atoms with Gasteiger partial charge in [0.25, 0.3) is 5.91 Å². The molecule has 0 saturated carbocycles. The normalized spacial score (nSPS) is 17.6. The summed E-state index contributed by atoms with van der Waals surface area (Å²) in [4.78, 5) is 19.8. The third kappa shape index (κ3) is 2.84. The van der Waals surface area contributed by atoms with E-state index in [1.165, 1.54) is 6.42 Å². The summed E-state index contributed by atoms with van der Waals surface area (Å²) in [6, 6.07) is 9.82. The molecule has 5 rings (SSSR count). The summed E-state index contributed by atoms with van der Waals surface area (Å²) < 4.78 is 3.78. The van der Waals surface area contributed by atoms with Crippen LogP contribution >= 0.6 is 0 Å². The van der Waals surface area contributed by atoms with Crippen molar-refractivity contribution in [2.75, 3.05) is 18.9 Å². The average Bonchev–Trinajstić information content (AvgIpc) is 3.39. The molecule has 1 aromatic carbocycles. The summed E-state index contributed by atoms with van der Waals surface area (Å²) in [7, 11) is 4.03. The Morgan fingerprint density at radius 2 is 2.07 bits per heavy atom. The quantitative estimate of drug-likeness (QED) is 0.598. The van der Waals surface area contributed by atoms with Crippen molar-refractivity contribution in [3.05, 3.63) is 60.2 Å². The molecule has 0 radical (unpaired) electrons. The topological polar surface area (TPSA) is 67.5 Å². The molecular weight excluding hydrogens is 352 g/mol. The van der Waals surface area contributed by atoms with Crippen LogP contribution in [0.15, 0.2) is 48.9 Å². The first-order valence-corrected chi connectivity index (χ1v) is 9.50. The number of rotatable bonds is 3. The minimum absolute atomic E-state index is 0.138. The monoisotopic (exact) mass is 374 g/mol. The Kier molecular flexibility index (Phi) is 3.91. The molecule has 1 saturated heterocycles. The largest absolute Gasteiger partial charge is 0.321 e. The lowest BCUT2D eigenvalue weighted by Crippen LogP contribution is -2.17. The molecule has 7 heteroatoms. The molecule has 1 amide bonds. The van der Waals surface area contributed by atoms with Gasteiger partial charge < -0.3 is 9.72 Å². The highest BCUT2D eigenvalue weighted by molar-refractivity contribution is 6.06. The molecule has 1 aliphatic heterocycles. The van der Waals surface area contributed by atoms with Crippen molar-refractivity contribution < 1.29 is 4.79 Å². The van der Waals surface area contributed by atoms with Gasteiger partial charge in [0, 0.05) is 30.4 Å². The first kappa shape index (κ1) is 16.9. The molecule has 1 fully saturated rings. The fourth-order valence-corrected chi connectivity index (χ4v) is 4.04. The van der Waals surface area contributed by atoms with Crippen LogP contribution in [0, 0.1) is 0 Å². The SMILES string of the molecule is CN1CCC[C@H]1c1cn2cc(NC(=O)c3ccc4c(cnn4C)c3)ccc2n1. The summed E-state index contributed by atoms with van der Waals surface area (Å²) in [5, 5.41) is 8.16. The number of aromatic nitrogens is 4. The smallest absolute Gasteiger partial charge is 0.255 e. The molecule has 3 aromatic heterocycles. The average molecular weight is 374 g/mol. The Labute approximate surface area is 162 Å². The number of aryl methyl sites for hydroxylation is 1. The predicted molar refractivity (Wildman–Crippen MR) is 108 cm³/mol. The van der Waals surface area contributed by atoms with Gasteiger partial charge in [-0.1, -0.05) is 0 Å². The molecule has 0 aliphatic carbocycles. The van der Waals surface area contributed by atoms with Crippen LogP contribution in [-0.4, -0.2) is 43.6 Å². The van der Waals surface area contributed by atoms with Crippen molar-refractivity contribution in [1.82, 2.24) is 24.1 Å². The van der Waals surface area contributed by atoms with Gasteiger partial charge in [0.1, 0.15) is 5.65 Å². The highest BCUT2D eigenvalue weighted by atomic mass is 16.1. The number of anilines is 1. The zero-order valence-corrected chi connectivity index (χ0v) is 16.0. The molecule has 4 aromatic rings. The number of carbonyl (C=O) groups excluding carboxylic acids is 1. The predicted octanol–water partition coefficient (Wildman–Crippen LogP) is 3.24. The maximum atomic E-state index is 12.7. The molecular formula is C21H22N6O. The van der Waals surface area contributed by atoms with E-state index < -0.39 is 0 Å². The number of amides is 1. The van der Waals surface area contributed by atoms with Gasteiger partial charge in [0.05, 0.1) is 29.1 Å². The van der Waals surface area contributed by atoms with E-state index >= 15 is 0 Å². The van der Waals surface area contributed by atoms with Crippen LogP contribution in [0.1, 0.15) is 34.9 Å². The van der Waals surface area contributed by atoms with Gasteiger partial charge in [-0.05, 0) is 56.8 Å². The standard InChI is InChI=1S/C21H22N6O/c1-25-9-3-4-19(25)17-13-27-12-16(6-8-20(27)24-17)23-21(28)14-5-7-18-15(10-14)11-22-26(18)2/h5-8,10-13,19H,3-4,9H2,1-2H3,(H,23,28)/t19-/m0/s1. The minimum Gasteiger partial charge on any atom is -0.321 e. The van der Waals surface area contributed by atoms with Gasteiger partial charge in [0.15, 0.2) is 0 Å². The van der Waals surface area contributed by atoms with E-state index in [1.54, 1.807) is 10.9 Å². The summed E-state index contributed by atoms with van der Waals surface area (Å²) >= 11 is 0. The summed E-state index contributed by atoms with van der Waals surface area (Å²) in [5.74, 6) is -0.138. The van der Waals surface area contributed by atoms with Gasteiger partial charge in [-0.25, -0.2) is 4.98 Å². The Hall–Kier alpha value is -3.19. The van der Waals surface area contributed by atoms with E-state index in [0.717, 1.165) is 40.9 Å². The zero-order valence-electron chi connectivity index (χ0n) is 16.0. The molecule has 28 heavy (non-hydrogen) atoms. The third-order valence-electron chi connectivity index (χ3n) is 5.60. The summed E-state index contributed by atoms with van der Waals surface area (Å²) in [6.45, 7) is 1.11. The van der Waals surface area contributed by atoms with Gasteiger partial charge >= 0.3 is 0 Å². The van der Waals surface area contributed by atoms with Crippen molar-refractivity contribution in [3.63, 3.8) is 0 Å². The lowest BCUT2D eigenvalue weighted by atomic mass is 10.1. The van der Waals surface area contributed by atoms with Crippen LogP contribution in [0.25, 0.3) is 16.6 Å². The Morgan fingerprint density at radius 1 is 1.18 bits per heavy atom. The second-order valence-electron chi connectivity index (χ2n) is 7.48. The molecule has 142 valence electrons. The van der Waals surface area contributed by atoms with Crippen LogP contribution in [0.3, 0.4) is 0 Å². The number of pyridine rings is 1.